The van der Waals surface area contributed by atoms with Gasteiger partial charge in [0.25, 0.3) is 6.71 Å². The first-order chi connectivity index (χ1) is 34.6. The highest BCUT2D eigenvalue weighted by Gasteiger charge is 2.44. The highest BCUT2D eigenvalue weighted by Crippen LogP contribution is 2.49. The molecule has 70 heavy (non-hydrogen) atoms. The van der Waals surface area contributed by atoms with Gasteiger partial charge in [-0.25, -0.2) is 0 Å². The van der Waals surface area contributed by atoms with Gasteiger partial charge in [-0.2, -0.15) is 0 Å². The fraction of sp³-hybridized carbons (Fsp3) is 0.115. The molecule has 9 heteroatoms. The van der Waals surface area contributed by atoms with Crippen LogP contribution in [0.4, 0.5) is 34.1 Å². The second-order valence-corrected chi connectivity index (χ2v) is 21.0. The maximum absolute atomic E-state index is 6.51. The van der Waals surface area contributed by atoms with Gasteiger partial charge in [0.05, 0.1) is 32.1 Å². The van der Waals surface area contributed by atoms with Crippen LogP contribution >= 0.6 is 22.7 Å². The third-order valence-corrected chi connectivity index (χ3v) is 16.9. The van der Waals surface area contributed by atoms with E-state index >= 15 is 0 Å². The van der Waals surface area contributed by atoms with Crippen molar-refractivity contribution in [2.45, 2.75) is 19.8 Å². The van der Waals surface area contributed by atoms with Crippen molar-refractivity contribution in [2.24, 2.45) is 0 Å². The van der Waals surface area contributed by atoms with Crippen LogP contribution in [-0.2, 0) is 0 Å². The van der Waals surface area contributed by atoms with Crippen molar-refractivity contribution in [3.05, 3.63) is 175 Å². The first-order valence-corrected chi connectivity index (χ1v) is 25.9. The van der Waals surface area contributed by atoms with Crippen LogP contribution in [0.5, 0.6) is 23.0 Å². The van der Waals surface area contributed by atoms with Crippen LogP contribution in [0.25, 0.3) is 62.6 Å². The van der Waals surface area contributed by atoms with E-state index in [1.807, 2.05) is 22.7 Å². The van der Waals surface area contributed by atoms with E-state index in [0.717, 1.165) is 75.5 Å². The zero-order chi connectivity index (χ0) is 46.0. The average Bonchev–Trinajstić information content (AvgIpc) is 3.73. The Morgan fingerprint density at radius 1 is 0.386 bits per heavy atom. The Morgan fingerprint density at radius 3 is 1.59 bits per heavy atom. The van der Waals surface area contributed by atoms with Crippen LogP contribution in [0.2, 0.25) is 0 Å². The van der Waals surface area contributed by atoms with E-state index in [1.165, 1.54) is 79.0 Å². The summed E-state index contributed by atoms with van der Waals surface area (Å²) >= 11 is 3.73. The number of aryl methyl sites for hydroxylation is 1. The molecular formula is C61H43BN2O4S2. The van der Waals surface area contributed by atoms with Gasteiger partial charge in [-0.05, 0) is 124 Å². The van der Waals surface area contributed by atoms with Crippen molar-refractivity contribution in [3.8, 4) is 45.3 Å². The second kappa shape index (κ2) is 15.7. The number of hydrogen-bond donors (Lipinski definition) is 0. The minimum absolute atomic E-state index is 0.113. The molecule has 0 unspecified atom stereocenters. The monoisotopic (exact) mass is 942 g/mol. The highest BCUT2D eigenvalue weighted by molar-refractivity contribution is 7.26. The average molecular weight is 943 g/mol. The molecule has 0 saturated heterocycles. The van der Waals surface area contributed by atoms with Gasteiger partial charge in [0, 0.05) is 93.8 Å². The minimum Gasteiger partial charge on any atom is -0.490 e. The van der Waals surface area contributed by atoms with E-state index in [2.05, 4.69) is 187 Å². The summed E-state index contributed by atoms with van der Waals surface area (Å²) in [7, 11) is 0. The molecule has 6 heterocycles. The lowest BCUT2D eigenvalue weighted by Crippen LogP contribution is -2.61. The van der Waals surface area contributed by atoms with E-state index in [4.69, 9.17) is 18.9 Å². The molecule has 0 bridgehead atoms. The SMILES string of the molecule is Cc1cc2c3c(c1)N(c1ccc4c(c1)OCCCO4)c1cc4c(cc1B3c1ccc(-c3ccc5c(c3)sc3ccccc35)cc1N2c1cccc(-c2ccc3c(c2)sc2ccccc23)c1)OCCCO4. The summed E-state index contributed by atoms with van der Waals surface area (Å²) in [5.41, 5.74) is 16.1. The van der Waals surface area contributed by atoms with Crippen LogP contribution in [0, 0.1) is 6.92 Å². The summed E-state index contributed by atoms with van der Waals surface area (Å²) in [4.78, 5) is 4.94. The Labute approximate surface area is 413 Å². The molecule has 4 aliphatic heterocycles. The van der Waals surface area contributed by atoms with Gasteiger partial charge in [-0.1, -0.05) is 84.9 Å². The molecule has 0 spiro atoms. The van der Waals surface area contributed by atoms with Crippen molar-refractivity contribution in [2.75, 3.05) is 36.2 Å². The number of fused-ring (bicyclic) bond motifs is 12. The number of hydrogen-bond acceptors (Lipinski definition) is 8. The van der Waals surface area contributed by atoms with Crippen LogP contribution in [-0.4, -0.2) is 33.1 Å². The number of ether oxygens (including phenoxy) is 4. The van der Waals surface area contributed by atoms with E-state index in [-0.39, 0.29) is 6.71 Å². The fourth-order valence-corrected chi connectivity index (χ4v) is 13.7. The zero-order valence-corrected chi connectivity index (χ0v) is 40.0. The summed E-state index contributed by atoms with van der Waals surface area (Å²) in [5, 5.41) is 5.22. The Kier molecular flexibility index (Phi) is 8.99. The molecule has 0 fully saturated rings. The Bertz CT molecular complexity index is 3990. The molecule has 15 rings (SSSR count). The molecular weight excluding hydrogens is 900 g/mol. The fourth-order valence-electron chi connectivity index (χ4n) is 11.4. The van der Waals surface area contributed by atoms with Crippen molar-refractivity contribution in [1.82, 2.24) is 0 Å². The number of anilines is 6. The Balaban J connectivity index is 0.968. The highest BCUT2D eigenvalue weighted by atomic mass is 32.1. The number of benzene rings is 9. The molecule has 0 atom stereocenters. The van der Waals surface area contributed by atoms with Crippen LogP contribution in [0.3, 0.4) is 0 Å². The maximum Gasteiger partial charge on any atom is 0.252 e. The molecule has 4 aliphatic rings. The summed E-state index contributed by atoms with van der Waals surface area (Å²) in [6, 6.07) is 63.3. The van der Waals surface area contributed by atoms with Gasteiger partial charge < -0.3 is 28.7 Å². The third-order valence-electron chi connectivity index (χ3n) is 14.6. The van der Waals surface area contributed by atoms with E-state index in [1.54, 1.807) is 0 Å². The van der Waals surface area contributed by atoms with Crippen LogP contribution in [0.15, 0.2) is 170 Å². The summed E-state index contributed by atoms with van der Waals surface area (Å²) in [5.74, 6) is 3.08. The normalized spacial score (nSPS) is 14.7. The van der Waals surface area contributed by atoms with Gasteiger partial charge in [-0.3, -0.25) is 0 Å². The smallest absolute Gasteiger partial charge is 0.252 e. The standard InChI is InChI=1S/C61H43BN2O4S2/c1-36-27-51-61-52(28-36)64(42-18-22-53-54(33-42)66-24-7-23-65-53)50-35-56-55(67-25-8-26-68-56)34-48(50)62(61)47-21-17-38(40-16-20-46-44-12-3-5-14-58(44)70-60(46)32-40)30-49(47)63(51)41-10-6-9-37(29-41)39-15-19-45-43-11-2-4-13-57(43)69-59(45)31-39/h2-6,9-22,27-35H,7-8,23-26H2,1H3. The van der Waals surface area contributed by atoms with E-state index < -0.39 is 0 Å². The van der Waals surface area contributed by atoms with Crippen molar-refractivity contribution in [3.63, 3.8) is 0 Å². The molecule has 2 aromatic heterocycles. The van der Waals surface area contributed by atoms with Gasteiger partial charge in [0.1, 0.15) is 0 Å². The van der Waals surface area contributed by atoms with Crippen molar-refractivity contribution >= 4 is 120 Å². The van der Waals surface area contributed by atoms with Gasteiger partial charge in [0.2, 0.25) is 0 Å². The van der Waals surface area contributed by atoms with E-state index in [0.29, 0.717) is 26.4 Å². The molecule has 0 amide bonds. The van der Waals surface area contributed by atoms with Gasteiger partial charge in [0.15, 0.2) is 23.0 Å². The number of rotatable bonds is 4. The lowest BCUT2D eigenvalue weighted by Gasteiger charge is -2.44. The molecule has 0 radical (unpaired) electrons. The molecule has 0 aliphatic carbocycles. The molecule has 0 N–H and O–H groups in total. The van der Waals surface area contributed by atoms with E-state index in [9.17, 15) is 0 Å². The molecule has 0 saturated carbocycles. The van der Waals surface area contributed by atoms with Crippen molar-refractivity contribution < 1.29 is 18.9 Å². The van der Waals surface area contributed by atoms with Gasteiger partial charge >= 0.3 is 0 Å². The van der Waals surface area contributed by atoms with Crippen LogP contribution in [0.1, 0.15) is 18.4 Å². The first-order valence-electron chi connectivity index (χ1n) is 24.2. The predicted octanol–water partition coefficient (Wildman–Crippen LogP) is 14.5. The Morgan fingerprint density at radius 2 is 0.914 bits per heavy atom. The lowest BCUT2D eigenvalue weighted by atomic mass is 9.33. The minimum atomic E-state index is -0.113. The maximum atomic E-state index is 6.51. The van der Waals surface area contributed by atoms with Crippen molar-refractivity contribution in [1.29, 1.82) is 0 Å². The largest absolute Gasteiger partial charge is 0.490 e. The summed E-state index contributed by atoms with van der Waals surface area (Å²) in [6.45, 7) is 4.56. The number of nitrogens with zero attached hydrogens (tertiary/aromatic N) is 2. The number of thiophene rings is 2. The molecule has 9 aromatic carbocycles. The Hall–Kier alpha value is -7.72. The first kappa shape index (κ1) is 40.2. The second-order valence-electron chi connectivity index (χ2n) is 18.9. The zero-order valence-electron chi connectivity index (χ0n) is 38.3. The lowest BCUT2D eigenvalue weighted by molar-refractivity contribution is 0.296. The summed E-state index contributed by atoms with van der Waals surface area (Å²) < 4.78 is 30.7. The topological polar surface area (TPSA) is 43.4 Å². The van der Waals surface area contributed by atoms with Crippen LogP contribution < -0.4 is 45.1 Å². The third kappa shape index (κ3) is 6.24. The molecule has 336 valence electrons. The van der Waals surface area contributed by atoms with Gasteiger partial charge in [-0.15, -0.1) is 22.7 Å². The summed E-state index contributed by atoms with van der Waals surface area (Å²) in [6.07, 6.45) is 1.66. The molecule has 11 aromatic rings. The molecule has 6 nitrogen and oxygen atoms in total. The quantitative estimate of drug-likeness (QED) is 0.164. The predicted molar refractivity (Wildman–Crippen MR) is 293 cm³/mol.